The van der Waals surface area contributed by atoms with Crippen molar-refractivity contribution in [1.82, 2.24) is 0 Å². The van der Waals surface area contributed by atoms with Crippen molar-refractivity contribution in [2.75, 3.05) is 11.9 Å². The summed E-state index contributed by atoms with van der Waals surface area (Å²) >= 11 is 0. The quantitative estimate of drug-likeness (QED) is 0.701. The minimum atomic E-state index is 0.586. The highest BCUT2D eigenvalue weighted by molar-refractivity contribution is 5.54. The van der Waals surface area contributed by atoms with Crippen molar-refractivity contribution in [3.8, 4) is 0 Å². The minimum Gasteiger partial charge on any atom is -0.385 e. The van der Waals surface area contributed by atoms with Gasteiger partial charge >= 0.3 is 0 Å². The van der Waals surface area contributed by atoms with Crippen LogP contribution in [0.15, 0.2) is 18.2 Å². The van der Waals surface area contributed by atoms with Gasteiger partial charge in [0.05, 0.1) is 0 Å². The van der Waals surface area contributed by atoms with Crippen LogP contribution in [0, 0.1) is 5.92 Å². The molecule has 1 aromatic rings. The predicted octanol–water partition coefficient (Wildman–Crippen LogP) is 5.93. The third-order valence-electron chi connectivity index (χ3n) is 4.67. The average Bonchev–Trinajstić information content (AvgIpc) is 2.45. The Kier molecular flexibility index (Phi) is 5.51. The van der Waals surface area contributed by atoms with Gasteiger partial charge in [0.1, 0.15) is 0 Å². The van der Waals surface area contributed by atoms with Crippen LogP contribution in [0.5, 0.6) is 0 Å². The molecule has 1 aromatic carbocycles. The molecule has 0 unspecified atom stereocenters. The van der Waals surface area contributed by atoms with Gasteiger partial charge in [-0.05, 0) is 47.8 Å². The normalized spacial score (nSPS) is 16.9. The van der Waals surface area contributed by atoms with Gasteiger partial charge in [-0.2, -0.15) is 0 Å². The second-order valence-corrected chi connectivity index (χ2v) is 7.04. The largest absolute Gasteiger partial charge is 0.385 e. The Hall–Kier alpha value is -0.980. The SMILES string of the molecule is CC(C)c1ccc(NCC2CCCCC2)c(C(C)C)c1. The van der Waals surface area contributed by atoms with Gasteiger partial charge in [-0.15, -0.1) is 0 Å². The van der Waals surface area contributed by atoms with Crippen molar-refractivity contribution in [2.24, 2.45) is 5.92 Å². The van der Waals surface area contributed by atoms with Gasteiger partial charge in [0.15, 0.2) is 0 Å². The number of hydrogen-bond acceptors (Lipinski definition) is 1. The summed E-state index contributed by atoms with van der Waals surface area (Å²) in [4.78, 5) is 0. The van der Waals surface area contributed by atoms with Crippen molar-refractivity contribution in [1.29, 1.82) is 0 Å². The highest BCUT2D eigenvalue weighted by Crippen LogP contribution is 2.30. The maximum atomic E-state index is 3.73. The van der Waals surface area contributed by atoms with Gasteiger partial charge in [0, 0.05) is 12.2 Å². The van der Waals surface area contributed by atoms with E-state index in [9.17, 15) is 0 Å². The van der Waals surface area contributed by atoms with Crippen LogP contribution in [0.1, 0.15) is 82.8 Å². The summed E-state index contributed by atoms with van der Waals surface area (Å²) in [6.07, 6.45) is 7.12. The van der Waals surface area contributed by atoms with Gasteiger partial charge in [-0.25, -0.2) is 0 Å². The number of anilines is 1. The zero-order valence-electron chi connectivity index (χ0n) is 13.7. The van der Waals surface area contributed by atoms with Crippen molar-refractivity contribution in [3.05, 3.63) is 29.3 Å². The molecular formula is C19H31N. The van der Waals surface area contributed by atoms with E-state index in [2.05, 4.69) is 51.2 Å². The zero-order valence-corrected chi connectivity index (χ0v) is 13.7. The molecule has 0 aliphatic heterocycles. The highest BCUT2D eigenvalue weighted by atomic mass is 14.9. The molecule has 1 aliphatic rings. The van der Waals surface area contributed by atoms with Crippen LogP contribution >= 0.6 is 0 Å². The average molecular weight is 273 g/mol. The molecule has 1 N–H and O–H groups in total. The summed E-state index contributed by atoms with van der Waals surface area (Å²) in [7, 11) is 0. The Morgan fingerprint density at radius 1 is 1.00 bits per heavy atom. The smallest absolute Gasteiger partial charge is 0.0375 e. The first-order valence-corrected chi connectivity index (χ1v) is 8.45. The van der Waals surface area contributed by atoms with Crippen molar-refractivity contribution in [3.63, 3.8) is 0 Å². The lowest BCUT2D eigenvalue weighted by atomic mass is 9.89. The van der Waals surface area contributed by atoms with E-state index in [-0.39, 0.29) is 0 Å². The molecule has 1 fully saturated rings. The summed E-state index contributed by atoms with van der Waals surface area (Å²) in [6, 6.07) is 6.99. The summed E-state index contributed by atoms with van der Waals surface area (Å²) in [6.45, 7) is 10.3. The Morgan fingerprint density at radius 2 is 1.70 bits per heavy atom. The highest BCUT2D eigenvalue weighted by Gasteiger charge is 2.15. The topological polar surface area (TPSA) is 12.0 Å². The van der Waals surface area contributed by atoms with Crippen LogP contribution in [0.3, 0.4) is 0 Å². The van der Waals surface area contributed by atoms with E-state index in [1.807, 2.05) is 0 Å². The predicted molar refractivity (Wildman–Crippen MR) is 89.7 cm³/mol. The van der Waals surface area contributed by atoms with Crippen LogP contribution in [0.2, 0.25) is 0 Å². The molecule has 0 radical (unpaired) electrons. The minimum absolute atomic E-state index is 0.586. The van der Waals surface area contributed by atoms with Crippen LogP contribution in [0.25, 0.3) is 0 Å². The number of hydrogen-bond donors (Lipinski definition) is 1. The fourth-order valence-corrected chi connectivity index (χ4v) is 3.22. The molecule has 0 heterocycles. The lowest BCUT2D eigenvalue weighted by Crippen LogP contribution is -2.18. The third-order valence-corrected chi connectivity index (χ3v) is 4.67. The molecule has 20 heavy (non-hydrogen) atoms. The summed E-state index contributed by atoms with van der Waals surface area (Å²) in [5, 5.41) is 3.73. The maximum absolute atomic E-state index is 3.73. The monoisotopic (exact) mass is 273 g/mol. The van der Waals surface area contributed by atoms with Crippen molar-refractivity contribution >= 4 is 5.69 Å². The fourth-order valence-electron chi connectivity index (χ4n) is 3.22. The fraction of sp³-hybridized carbons (Fsp3) is 0.684. The molecule has 112 valence electrons. The van der Waals surface area contributed by atoms with Gasteiger partial charge in [0.25, 0.3) is 0 Å². The number of benzene rings is 1. The van der Waals surface area contributed by atoms with E-state index >= 15 is 0 Å². The van der Waals surface area contributed by atoms with Gasteiger partial charge in [-0.1, -0.05) is 59.1 Å². The van der Waals surface area contributed by atoms with Gasteiger partial charge in [-0.3, -0.25) is 0 Å². The van der Waals surface area contributed by atoms with Crippen LogP contribution in [-0.4, -0.2) is 6.54 Å². The first-order chi connectivity index (χ1) is 9.58. The third kappa shape index (κ3) is 4.01. The van der Waals surface area contributed by atoms with Crippen LogP contribution in [0.4, 0.5) is 5.69 Å². The second-order valence-electron chi connectivity index (χ2n) is 7.04. The second kappa shape index (κ2) is 7.15. The van der Waals surface area contributed by atoms with E-state index in [0.717, 1.165) is 12.5 Å². The van der Waals surface area contributed by atoms with E-state index in [0.29, 0.717) is 11.8 Å². The first-order valence-electron chi connectivity index (χ1n) is 8.45. The van der Waals surface area contributed by atoms with Crippen LogP contribution in [-0.2, 0) is 0 Å². The van der Waals surface area contributed by atoms with E-state index in [1.54, 1.807) is 0 Å². The number of rotatable bonds is 5. The first kappa shape index (κ1) is 15.4. The molecule has 2 rings (SSSR count). The Bertz CT molecular complexity index is 414. The van der Waals surface area contributed by atoms with E-state index < -0.39 is 0 Å². The zero-order chi connectivity index (χ0) is 14.5. The molecule has 1 heteroatoms. The molecule has 0 saturated heterocycles. The molecule has 0 aromatic heterocycles. The van der Waals surface area contributed by atoms with Crippen molar-refractivity contribution < 1.29 is 0 Å². The van der Waals surface area contributed by atoms with E-state index in [1.165, 1.54) is 48.9 Å². The van der Waals surface area contributed by atoms with E-state index in [4.69, 9.17) is 0 Å². The summed E-state index contributed by atoms with van der Waals surface area (Å²) < 4.78 is 0. The Balaban J connectivity index is 2.05. The molecule has 1 aliphatic carbocycles. The Labute approximate surface area is 125 Å². The van der Waals surface area contributed by atoms with Crippen molar-refractivity contribution in [2.45, 2.75) is 71.6 Å². The molecule has 1 saturated carbocycles. The lowest BCUT2D eigenvalue weighted by molar-refractivity contribution is 0.373. The molecule has 0 atom stereocenters. The lowest BCUT2D eigenvalue weighted by Gasteiger charge is -2.24. The Morgan fingerprint density at radius 3 is 2.30 bits per heavy atom. The molecule has 0 bridgehead atoms. The summed E-state index contributed by atoms with van der Waals surface area (Å²) in [5.74, 6) is 2.08. The van der Waals surface area contributed by atoms with Crippen LogP contribution < -0.4 is 5.32 Å². The molecule has 1 nitrogen and oxygen atoms in total. The molecule has 0 amide bonds. The number of nitrogens with one attached hydrogen (secondary N) is 1. The van der Waals surface area contributed by atoms with Gasteiger partial charge in [0.2, 0.25) is 0 Å². The van der Waals surface area contributed by atoms with Gasteiger partial charge < -0.3 is 5.32 Å². The summed E-state index contributed by atoms with van der Waals surface area (Å²) in [5.41, 5.74) is 4.29. The molecule has 0 spiro atoms. The molecular weight excluding hydrogens is 242 g/mol. The maximum Gasteiger partial charge on any atom is 0.0375 e. The standard InChI is InChI=1S/C19H31N/c1-14(2)17-10-11-19(18(12-17)15(3)4)20-13-16-8-6-5-7-9-16/h10-12,14-16,20H,5-9,13H2,1-4H3.